The molecule has 1 aromatic heterocycles. The molecule has 6 heteroatoms. The molecule has 2 heterocycles. The average molecular weight is 415 g/mol. The first-order valence-electron chi connectivity index (χ1n) is 8.36. The van der Waals surface area contributed by atoms with E-state index in [-0.39, 0.29) is 22.9 Å². The lowest BCUT2D eigenvalue weighted by Crippen LogP contribution is -2.31. The van der Waals surface area contributed by atoms with Gasteiger partial charge < -0.3 is 9.88 Å². The van der Waals surface area contributed by atoms with E-state index < -0.39 is 5.91 Å². The van der Waals surface area contributed by atoms with Gasteiger partial charge in [-0.05, 0) is 48.7 Å². The fourth-order valence-corrected chi connectivity index (χ4v) is 3.98. The van der Waals surface area contributed by atoms with E-state index in [4.69, 9.17) is 0 Å². The van der Waals surface area contributed by atoms with Crippen LogP contribution in [0, 0.1) is 5.82 Å². The van der Waals surface area contributed by atoms with Crippen LogP contribution in [-0.2, 0) is 13.0 Å². The van der Waals surface area contributed by atoms with Crippen LogP contribution in [0.2, 0.25) is 0 Å². The standard InChI is InChI=1S/C20H16BrFN2O2/c1-11(12-2-4-15(22)5-3-12)23-20(26)17-10-24-7-6-13-8-14(21)9-16(18(13)24)19(17)25/h2-5,8-11H,6-7H2,1H3,(H,23,26)/t11-/m0/s1. The predicted molar refractivity (Wildman–Crippen MR) is 102 cm³/mol. The number of rotatable bonds is 3. The number of pyridine rings is 1. The van der Waals surface area contributed by atoms with Gasteiger partial charge in [-0.1, -0.05) is 28.1 Å². The molecule has 1 aliphatic heterocycles. The quantitative estimate of drug-likeness (QED) is 0.705. The van der Waals surface area contributed by atoms with Crippen LogP contribution in [0.5, 0.6) is 0 Å². The Morgan fingerprint density at radius 3 is 2.73 bits per heavy atom. The minimum Gasteiger partial charge on any atom is -0.346 e. The van der Waals surface area contributed by atoms with Crippen molar-refractivity contribution >= 4 is 32.7 Å². The van der Waals surface area contributed by atoms with Crippen LogP contribution in [-0.4, -0.2) is 10.5 Å². The van der Waals surface area contributed by atoms with Crippen molar-refractivity contribution < 1.29 is 9.18 Å². The van der Waals surface area contributed by atoms with E-state index in [1.54, 1.807) is 31.3 Å². The number of nitrogens with zero attached hydrogens (tertiary/aromatic N) is 1. The molecule has 4 nitrogen and oxygen atoms in total. The Balaban J connectivity index is 1.71. The Morgan fingerprint density at radius 1 is 1.27 bits per heavy atom. The second kappa shape index (κ2) is 6.36. The number of hydrogen-bond acceptors (Lipinski definition) is 2. The Kier molecular flexibility index (Phi) is 4.15. The first-order chi connectivity index (χ1) is 12.4. The van der Waals surface area contributed by atoms with Crippen LogP contribution in [0.25, 0.3) is 10.9 Å². The maximum absolute atomic E-state index is 13.1. The summed E-state index contributed by atoms with van der Waals surface area (Å²) in [4.78, 5) is 25.6. The molecule has 26 heavy (non-hydrogen) atoms. The van der Waals surface area contributed by atoms with Crippen molar-refractivity contribution in [2.24, 2.45) is 0 Å². The highest BCUT2D eigenvalue weighted by Gasteiger charge is 2.22. The first-order valence-corrected chi connectivity index (χ1v) is 9.15. The van der Waals surface area contributed by atoms with Gasteiger partial charge in [-0.15, -0.1) is 0 Å². The highest BCUT2D eigenvalue weighted by atomic mass is 79.9. The van der Waals surface area contributed by atoms with Gasteiger partial charge in [-0.2, -0.15) is 0 Å². The summed E-state index contributed by atoms with van der Waals surface area (Å²) in [7, 11) is 0. The van der Waals surface area contributed by atoms with E-state index in [0.29, 0.717) is 5.39 Å². The van der Waals surface area contributed by atoms with Crippen LogP contribution in [0.1, 0.15) is 34.5 Å². The summed E-state index contributed by atoms with van der Waals surface area (Å²) >= 11 is 3.44. The van der Waals surface area contributed by atoms with Gasteiger partial charge in [0.15, 0.2) is 0 Å². The number of carbonyl (C=O) groups is 1. The van der Waals surface area contributed by atoms with Crippen molar-refractivity contribution in [3.63, 3.8) is 0 Å². The van der Waals surface area contributed by atoms with Gasteiger partial charge in [0, 0.05) is 22.6 Å². The lowest BCUT2D eigenvalue weighted by atomic mass is 10.1. The molecule has 2 aromatic carbocycles. The van der Waals surface area contributed by atoms with E-state index in [1.165, 1.54) is 12.1 Å². The highest BCUT2D eigenvalue weighted by molar-refractivity contribution is 9.10. The number of aryl methyl sites for hydroxylation is 2. The maximum atomic E-state index is 13.1. The molecule has 1 atom stereocenters. The largest absolute Gasteiger partial charge is 0.346 e. The van der Waals surface area contributed by atoms with Gasteiger partial charge in [0.1, 0.15) is 11.4 Å². The van der Waals surface area contributed by atoms with Crippen molar-refractivity contribution in [2.45, 2.75) is 25.9 Å². The van der Waals surface area contributed by atoms with Gasteiger partial charge in [0.2, 0.25) is 5.43 Å². The molecule has 1 amide bonds. The summed E-state index contributed by atoms with van der Waals surface area (Å²) in [6.45, 7) is 2.55. The Bertz CT molecular complexity index is 1090. The molecule has 3 aromatic rings. The number of benzene rings is 2. The number of hydrogen-bond donors (Lipinski definition) is 1. The third kappa shape index (κ3) is 2.84. The molecule has 0 saturated heterocycles. The SMILES string of the molecule is C[C@H](NC(=O)c1cn2c3c(cc(Br)cc3c1=O)CC2)c1ccc(F)cc1. The number of carbonyl (C=O) groups excluding carboxylic acids is 1. The van der Waals surface area contributed by atoms with Crippen LogP contribution < -0.4 is 10.7 Å². The molecular weight excluding hydrogens is 399 g/mol. The summed E-state index contributed by atoms with van der Waals surface area (Å²) in [5.41, 5.74) is 2.64. The van der Waals surface area contributed by atoms with Gasteiger partial charge in [0.05, 0.1) is 11.6 Å². The van der Waals surface area contributed by atoms with E-state index in [9.17, 15) is 14.0 Å². The molecule has 0 spiro atoms. The molecule has 0 aliphatic carbocycles. The third-order valence-electron chi connectivity index (χ3n) is 4.80. The topological polar surface area (TPSA) is 51.1 Å². The second-order valence-electron chi connectivity index (χ2n) is 6.52. The van der Waals surface area contributed by atoms with Crippen molar-refractivity contribution in [1.82, 2.24) is 9.88 Å². The zero-order chi connectivity index (χ0) is 18.4. The van der Waals surface area contributed by atoms with Crippen molar-refractivity contribution in [1.29, 1.82) is 0 Å². The first kappa shape index (κ1) is 17.0. The van der Waals surface area contributed by atoms with E-state index in [1.807, 2.05) is 10.6 Å². The summed E-state index contributed by atoms with van der Waals surface area (Å²) in [5.74, 6) is -0.754. The fourth-order valence-electron chi connectivity index (χ4n) is 3.47. The number of nitrogens with one attached hydrogen (secondary N) is 1. The van der Waals surface area contributed by atoms with E-state index >= 15 is 0 Å². The molecule has 132 valence electrons. The lowest BCUT2D eigenvalue weighted by molar-refractivity contribution is 0.0938. The Labute approximate surface area is 157 Å². The summed E-state index contributed by atoms with van der Waals surface area (Å²) in [6, 6.07) is 9.39. The second-order valence-corrected chi connectivity index (χ2v) is 7.44. The number of aromatic nitrogens is 1. The highest BCUT2D eigenvalue weighted by Crippen LogP contribution is 2.28. The van der Waals surface area contributed by atoms with E-state index in [0.717, 1.165) is 34.1 Å². The molecule has 4 rings (SSSR count). The summed E-state index contributed by atoms with van der Waals surface area (Å²) in [5, 5.41) is 3.38. The van der Waals surface area contributed by atoms with Gasteiger partial charge in [-0.3, -0.25) is 9.59 Å². The minimum atomic E-state index is -0.425. The van der Waals surface area contributed by atoms with Crippen molar-refractivity contribution in [3.8, 4) is 0 Å². The smallest absolute Gasteiger partial charge is 0.257 e. The van der Waals surface area contributed by atoms with Gasteiger partial charge >= 0.3 is 0 Å². The van der Waals surface area contributed by atoms with Crippen molar-refractivity contribution in [2.75, 3.05) is 0 Å². The summed E-state index contributed by atoms with van der Waals surface area (Å²) in [6.07, 6.45) is 2.48. The maximum Gasteiger partial charge on any atom is 0.257 e. The number of amides is 1. The molecule has 0 bridgehead atoms. The Hall–Kier alpha value is -2.47. The van der Waals surface area contributed by atoms with Gasteiger partial charge in [0.25, 0.3) is 5.91 Å². The van der Waals surface area contributed by atoms with Gasteiger partial charge in [-0.25, -0.2) is 4.39 Å². The normalized spacial score (nSPS) is 13.8. The minimum absolute atomic E-state index is 0.123. The van der Waals surface area contributed by atoms with Crippen LogP contribution in [0.15, 0.2) is 51.9 Å². The fraction of sp³-hybridized carbons (Fsp3) is 0.200. The van der Waals surface area contributed by atoms with Crippen LogP contribution >= 0.6 is 15.9 Å². The molecule has 1 aliphatic rings. The predicted octanol–water partition coefficient (Wildman–Crippen LogP) is 3.95. The van der Waals surface area contributed by atoms with Crippen LogP contribution in [0.4, 0.5) is 4.39 Å². The number of halogens is 2. The monoisotopic (exact) mass is 414 g/mol. The molecule has 1 N–H and O–H groups in total. The third-order valence-corrected chi connectivity index (χ3v) is 5.26. The summed E-state index contributed by atoms with van der Waals surface area (Å²) < 4.78 is 15.9. The zero-order valence-electron chi connectivity index (χ0n) is 14.1. The zero-order valence-corrected chi connectivity index (χ0v) is 15.6. The molecule has 0 unspecified atom stereocenters. The molecule has 0 saturated carbocycles. The van der Waals surface area contributed by atoms with Crippen molar-refractivity contribution in [3.05, 3.63) is 79.8 Å². The van der Waals surface area contributed by atoms with Crippen LogP contribution in [0.3, 0.4) is 0 Å². The van der Waals surface area contributed by atoms with E-state index in [2.05, 4.69) is 21.2 Å². The molecule has 0 radical (unpaired) electrons. The molecular formula is C20H16BrFN2O2. The molecule has 0 fully saturated rings. The average Bonchev–Trinajstić information content (AvgIpc) is 3.01. The lowest BCUT2D eigenvalue weighted by Gasteiger charge is -2.15. The Morgan fingerprint density at radius 2 is 2.00 bits per heavy atom.